The van der Waals surface area contributed by atoms with E-state index in [0.29, 0.717) is 11.8 Å². The van der Waals surface area contributed by atoms with Crippen LogP contribution in [0.3, 0.4) is 0 Å². The van der Waals surface area contributed by atoms with Gasteiger partial charge in [-0.15, -0.1) is 0 Å². The van der Waals surface area contributed by atoms with Crippen molar-refractivity contribution < 1.29 is 35.5 Å². The summed E-state index contributed by atoms with van der Waals surface area (Å²) in [5.41, 5.74) is -3.50. The molecule has 2 rings (SSSR count). The molecule has 0 radical (unpaired) electrons. The second-order valence-electron chi connectivity index (χ2n) is 7.53. The fourth-order valence-electron chi connectivity index (χ4n) is 3.14. The van der Waals surface area contributed by atoms with Crippen LogP contribution in [0, 0.1) is 0 Å². The van der Waals surface area contributed by atoms with Gasteiger partial charge in [0.15, 0.2) is 0 Å². The standard InChI is InChI=1S/C23H20Cl2F7NOS/c1-3-35-11-12(2)33-21(34)17-5-4-13(8-19(17)23(30,31)32)20(26)10-18(22(27,28)29)14-6-15(24)9-16(25)7-14/h4-10,12,18H,3,11H2,1-2H3,(H,33,34)/b20-10-/t12-,18?/m1/s1. The molecule has 1 unspecified atom stereocenters. The number of amides is 1. The summed E-state index contributed by atoms with van der Waals surface area (Å²) in [4.78, 5) is 12.4. The fraction of sp³-hybridized carbons (Fsp3) is 0.348. The first kappa shape index (κ1) is 29.3. The number of alkyl halides is 6. The third-order valence-electron chi connectivity index (χ3n) is 4.70. The number of thioether (sulfide) groups is 1. The van der Waals surface area contributed by atoms with Gasteiger partial charge in [0.2, 0.25) is 0 Å². The van der Waals surface area contributed by atoms with Crippen LogP contribution in [0.1, 0.15) is 46.8 Å². The first-order chi connectivity index (χ1) is 16.1. The molecule has 1 amide bonds. The van der Waals surface area contributed by atoms with E-state index in [0.717, 1.165) is 30.0 Å². The number of hydrogen-bond acceptors (Lipinski definition) is 2. The molecule has 2 atom stereocenters. The molecule has 0 spiro atoms. The minimum absolute atomic E-state index is 0.128. The minimum atomic E-state index is -5.06. The van der Waals surface area contributed by atoms with Crippen LogP contribution in [-0.2, 0) is 6.18 Å². The maximum Gasteiger partial charge on any atom is 0.417 e. The molecule has 2 nitrogen and oxygen atoms in total. The van der Waals surface area contributed by atoms with Crippen LogP contribution in [0.2, 0.25) is 10.0 Å². The second-order valence-corrected chi connectivity index (χ2v) is 9.72. The Labute approximate surface area is 211 Å². The third-order valence-corrected chi connectivity index (χ3v) is 6.28. The topological polar surface area (TPSA) is 29.1 Å². The molecule has 192 valence electrons. The van der Waals surface area contributed by atoms with Crippen molar-refractivity contribution in [2.45, 2.75) is 38.2 Å². The van der Waals surface area contributed by atoms with E-state index in [4.69, 9.17) is 23.2 Å². The van der Waals surface area contributed by atoms with E-state index in [2.05, 4.69) is 5.32 Å². The lowest BCUT2D eigenvalue weighted by atomic mass is 9.95. The van der Waals surface area contributed by atoms with Gasteiger partial charge in [-0.25, -0.2) is 4.39 Å². The van der Waals surface area contributed by atoms with Crippen molar-refractivity contribution in [2.75, 3.05) is 11.5 Å². The Morgan fingerprint density at radius 3 is 2.17 bits per heavy atom. The number of nitrogens with one attached hydrogen (secondary N) is 1. The molecule has 0 aliphatic rings. The fourth-order valence-corrected chi connectivity index (χ4v) is 4.36. The van der Waals surface area contributed by atoms with Gasteiger partial charge in [-0.1, -0.05) is 36.2 Å². The number of rotatable bonds is 8. The van der Waals surface area contributed by atoms with Gasteiger partial charge in [-0.3, -0.25) is 4.79 Å². The smallest absolute Gasteiger partial charge is 0.349 e. The average Bonchev–Trinajstić information content (AvgIpc) is 2.73. The largest absolute Gasteiger partial charge is 0.417 e. The maximum atomic E-state index is 14.9. The average molecular weight is 562 g/mol. The van der Waals surface area contributed by atoms with Gasteiger partial charge in [0.25, 0.3) is 5.91 Å². The van der Waals surface area contributed by atoms with Crippen LogP contribution in [0.15, 0.2) is 42.5 Å². The van der Waals surface area contributed by atoms with Crippen molar-refractivity contribution in [3.05, 3.63) is 74.8 Å². The predicted molar refractivity (Wildman–Crippen MR) is 126 cm³/mol. The van der Waals surface area contributed by atoms with Crippen molar-refractivity contribution in [2.24, 2.45) is 0 Å². The lowest BCUT2D eigenvalue weighted by Gasteiger charge is -2.19. The van der Waals surface area contributed by atoms with Crippen LogP contribution in [0.4, 0.5) is 30.7 Å². The molecule has 1 N–H and O–H groups in total. The highest BCUT2D eigenvalue weighted by Gasteiger charge is 2.41. The van der Waals surface area contributed by atoms with Gasteiger partial charge < -0.3 is 5.32 Å². The van der Waals surface area contributed by atoms with Gasteiger partial charge in [0.1, 0.15) is 11.7 Å². The van der Waals surface area contributed by atoms with E-state index >= 15 is 0 Å². The summed E-state index contributed by atoms with van der Waals surface area (Å²) in [6.07, 6.45) is -9.92. The lowest BCUT2D eigenvalue weighted by Crippen LogP contribution is -2.35. The molecular weight excluding hydrogens is 542 g/mol. The molecule has 0 saturated carbocycles. The monoisotopic (exact) mass is 561 g/mol. The molecule has 0 saturated heterocycles. The number of carbonyl (C=O) groups excluding carboxylic acids is 1. The van der Waals surface area contributed by atoms with E-state index in [-0.39, 0.29) is 16.1 Å². The molecule has 0 bridgehead atoms. The molecule has 2 aromatic rings. The van der Waals surface area contributed by atoms with Crippen LogP contribution >= 0.6 is 35.0 Å². The number of allylic oxidation sites excluding steroid dienone is 1. The highest BCUT2D eigenvalue weighted by molar-refractivity contribution is 7.99. The van der Waals surface area contributed by atoms with E-state index in [1.54, 1.807) is 6.92 Å². The van der Waals surface area contributed by atoms with Gasteiger partial charge in [0.05, 0.1) is 11.1 Å². The summed E-state index contributed by atoms with van der Waals surface area (Å²) in [6.45, 7) is 3.50. The third kappa shape index (κ3) is 8.32. The van der Waals surface area contributed by atoms with Gasteiger partial charge in [-0.2, -0.15) is 38.1 Å². The normalized spacial score (nSPS) is 14.5. The Hall–Kier alpha value is -1.91. The van der Waals surface area contributed by atoms with E-state index in [1.165, 1.54) is 17.8 Å². The number of hydrogen-bond donors (Lipinski definition) is 1. The molecule has 2 aromatic carbocycles. The number of benzene rings is 2. The molecular formula is C23H20Cl2F7NOS. The summed E-state index contributed by atoms with van der Waals surface area (Å²) in [5.74, 6) is -3.92. The van der Waals surface area contributed by atoms with E-state index < -0.39 is 58.3 Å². The van der Waals surface area contributed by atoms with Crippen LogP contribution in [0.5, 0.6) is 0 Å². The van der Waals surface area contributed by atoms with Crippen LogP contribution in [0.25, 0.3) is 5.83 Å². The molecule has 0 fully saturated rings. The molecule has 12 heteroatoms. The quantitative estimate of drug-likeness (QED) is 0.327. The first-order valence-corrected chi connectivity index (χ1v) is 12.0. The first-order valence-electron chi connectivity index (χ1n) is 10.1. The molecule has 0 heterocycles. The van der Waals surface area contributed by atoms with Gasteiger partial charge >= 0.3 is 12.4 Å². The summed E-state index contributed by atoms with van der Waals surface area (Å²) in [6, 6.07) is 4.47. The summed E-state index contributed by atoms with van der Waals surface area (Å²) >= 11 is 13.0. The summed E-state index contributed by atoms with van der Waals surface area (Å²) < 4.78 is 96.8. The highest BCUT2D eigenvalue weighted by atomic mass is 35.5. The molecule has 0 aliphatic heterocycles. The minimum Gasteiger partial charge on any atom is -0.349 e. The second kappa shape index (κ2) is 11.9. The SMILES string of the molecule is CCSC[C@@H](C)NC(=O)c1ccc(/C(F)=C/C(c2cc(Cl)cc(Cl)c2)C(F)(F)F)cc1C(F)(F)F. The molecule has 35 heavy (non-hydrogen) atoms. The van der Waals surface area contributed by atoms with E-state index in [1.807, 2.05) is 6.92 Å². The van der Waals surface area contributed by atoms with Gasteiger partial charge in [0, 0.05) is 27.4 Å². The molecule has 0 aromatic heterocycles. The van der Waals surface area contributed by atoms with Crippen molar-refractivity contribution in [3.8, 4) is 0 Å². The zero-order valence-electron chi connectivity index (χ0n) is 18.3. The van der Waals surface area contributed by atoms with Crippen LogP contribution < -0.4 is 5.32 Å². The Morgan fingerprint density at radius 2 is 1.66 bits per heavy atom. The Balaban J connectivity index is 2.49. The Bertz CT molecular complexity index is 1070. The maximum absolute atomic E-state index is 14.9. The summed E-state index contributed by atoms with van der Waals surface area (Å²) in [7, 11) is 0. The number of halogens is 9. The van der Waals surface area contributed by atoms with Crippen molar-refractivity contribution in [1.82, 2.24) is 5.32 Å². The summed E-state index contributed by atoms with van der Waals surface area (Å²) in [5, 5.41) is 2.18. The Morgan fingerprint density at radius 1 is 1.06 bits per heavy atom. The number of carbonyl (C=O) groups is 1. The zero-order chi connectivity index (χ0) is 26.6. The van der Waals surface area contributed by atoms with Crippen LogP contribution in [-0.4, -0.2) is 29.6 Å². The van der Waals surface area contributed by atoms with Crippen molar-refractivity contribution >= 4 is 46.7 Å². The highest BCUT2D eigenvalue weighted by Crippen LogP contribution is 2.41. The van der Waals surface area contributed by atoms with Crippen molar-refractivity contribution in [1.29, 1.82) is 0 Å². The van der Waals surface area contributed by atoms with Crippen molar-refractivity contribution in [3.63, 3.8) is 0 Å². The lowest BCUT2D eigenvalue weighted by molar-refractivity contribution is -0.140. The predicted octanol–water partition coefficient (Wildman–Crippen LogP) is 8.54. The zero-order valence-corrected chi connectivity index (χ0v) is 20.7. The Kier molecular flexibility index (Phi) is 9.96. The van der Waals surface area contributed by atoms with E-state index in [9.17, 15) is 35.5 Å². The molecule has 0 aliphatic carbocycles. The van der Waals surface area contributed by atoms with Gasteiger partial charge in [-0.05, 0) is 54.6 Å².